The molecular weight excluding hydrogens is 617 g/mol. The minimum Gasteiger partial charge on any atom is -0.255 e. The van der Waals surface area contributed by atoms with Gasteiger partial charge in [-0.2, -0.15) is 0 Å². The van der Waals surface area contributed by atoms with Gasteiger partial charge in [-0.3, -0.25) is 9.97 Å². The molecule has 0 bridgehead atoms. The number of allylic oxidation sites excluding steroid dienone is 4. The molecule has 8 aromatic rings. The lowest BCUT2D eigenvalue weighted by Crippen LogP contribution is -1.91. The first-order chi connectivity index (χ1) is 25.2. The molecule has 0 unspecified atom stereocenters. The summed E-state index contributed by atoms with van der Waals surface area (Å²) in [7, 11) is 0. The van der Waals surface area contributed by atoms with Gasteiger partial charge < -0.3 is 0 Å². The second kappa shape index (κ2) is 11.6. The number of rotatable bonds is 6. The van der Waals surface area contributed by atoms with Gasteiger partial charge in [0.1, 0.15) is 0 Å². The predicted octanol–water partition coefficient (Wildman–Crippen LogP) is 13.3. The number of fused-ring (bicyclic) bond motifs is 3. The molecule has 0 aliphatic heterocycles. The average molecular weight is 651 g/mol. The van der Waals surface area contributed by atoms with Crippen molar-refractivity contribution in [1.82, 2.24) is 9.97 Å². The zero-order valence-corrected chi connectivity index (χ0v) is 28.6. The van der Waals surface area contributed by atoms with Crippen molar-refractivity contribution in [3.8, 4) is 67.0 Å². The number of hydrogen-bond donors (Lipinski definition) is 0. The molecule has 0 N–H and O–H groups in total. The van der Waals surface area contributed by atoms with E-state index in [0.29, 0.717) is 0 Å². The van der Waals surface area contributed by atoms with Crippen LogP contribution in [0.3, 0.4) is 0 Å². The first kappa shape index (κ1) is 29.5. The Bertz CT molecular complexity index is 2740. The Kier molecular flexibility index (Phi) is 6.72. The molecule has 2 aliphatic carbocycles. The molecule has 2 heterocycles. The van der Waals surface area contributed by atoms with Gasteiger partial charge in [-0.05, 0) is 144 Å². The van der Waals surface area contributed by atoms with Crippen LogP contribution in [0.5, 0.6) is 0 Å². The second-order valence-corrected chi connectivity index (χ2v) is 13.5. The van der Waals surface area contributed by atoms with Crippen LogP contribution in [0.4, 0.5) is 0 Å². The van der Waals surface area contributed by atoms with E-state index in [9.17, 15) is 0 Å². The Morgan fingerprint density at radius 2 is 1.06 bits per heavy atom. The van der Waals surface area contributed by atoms with Gasteiger partial charge in [0.2, 0.25) is 0 Å². The smallest absolute Gasteiger partial charge is 0.0886 e. The maximum atomic E-state index is 4.88. The van der Waals surface area contributed by atoms with E-state index in [-0.39, 0.29) is 0 Å². The molecule has 2 aliphatic rings. The van der Waals surface area contributed by atoms with Crippen LogP contribution in [0.15, 0.2) is 158 Å². The van der Waals surface area contributed by atoms with Crippen LogP contribution in [0, 0.1) is 0 Å². The summed E-state index contributed by atoms with van der Waals surface area (Å²) in [5, 5.41) is 5.26. The fraction of sp³-hybridized carbons (Fsp3) is 0.0612. The molecule has 10 rings (SSSR count). The zero-order chi connectivity index (χ0) is 34.1. The highest BCUT2D eigenvalue weighted by Crippen LogP contribution is 2.51. The lowest BCUT2D eigenvalue weighted by molar-refractivity contribution is 1.25. The first-order valence-corrected chi connectivity index (χ1v) is 17.8. The lowest BCUT2D eigenvalue weighted by Gasteiger charge is -2.16. The van der Waals surface area contributed by atoms with Crippen LogP contribution in [-0.4, -0.2) is 9.97 Å². The molecule has 0 atom stereocenters. The molecule has 2 aromatic heterocycles. The van der Waals surface area contributed by atoms with Crippen LogP contribution in [0.1, 0.15) is 31.4 Å². The van der Waals surface area contributed by atoms with Crippen molar-refractivity contribution in [2.24, 2.45) is 0 Å². The molecule has 2 nitrogen and oxygen atoms in total. The third-order valence-electron chi connectivity index (χ3n) is 10.8. The molecule has 240 valence electrons. The van der Waals surface area contributed by atoms with Gasteiger partial charge in [0, 0.05) is 18.0 Å². The zero-order valence-electron chi connectivity index (χ0n) is 28.6. The van der Waals surface area contributed by atoms with Crippen LogP contribution >= 0.6 is 0 Å². The van der Waals surface area contributed by atoms with E-state index in [0.717, 1.165) is 28.9 Å². The molecule has 2 heteroatoms. The van der Waals surface area contributed by atoms with E-state index in [4.69, 9.17) is 4.98 Å². The molecule has 0 amide bonds. The summed E-state index contributed by atoms with van der Waals surface area (Å²) in [6, 6.07) is 49.0. The summed E-state index contributed by atoms with van der Waals surface area (Å²) in [4.78, 5) is 9.41. The van der Waals surface area contributed by atoms with Gasteiger partial charge in [0.15, 0.2) is 0 Å². The van der Waals surface area contributed by atoms with E-state index in [1.807, 2.05) is 30.6 Å². The Morgan fingerprint density at radius 3 is 1.71 bits per heavy atom. The fourth-order valence-corrected chi connectivity index (χ4v) is 8.58. The third kappa shape index (κ3) is 4.50. The van der Waals surface area contributed by atoms with E-state index in [1.165, 1.54) is 88.3 Å². The summed E-state index contributed by atoms with van der Waals surface area (Å²) in [5.74, 6) is 0. The summed E-state index contributed by atoms with van der Waals surface area (Å²) in [5.41, 5.74) is 19.5. The number of hydrogen-bond acceptors (Lipinski definition) is 2. The molecule has 0 fully saturated rings. The largest absolute Gasteiger partial charge is 0.255 e. The predicted molar refractivity (Wildman–Crippen MR) is 215 cm³/mol. The summed E-state index contributed by atoms with van der Waals surface area (Å²) >= 11 is 0. The van der Waals surface area contributed by atoms with Crippen LogP contribution in [0.25, 0.3) is 99.7 Å². The van der Waals surface area contributed by atoms with Crippen molar-refractivity contribution in [3.63, 3.8) is 0 Å². The molecule has 0 saturated heterocycles. The van der Waals surface area contributed by atoms with Gasteiger partial charge >= 0.3 is 0 Å². The van der Waals surface area contributed by atoms with E-state index in [2.05, 4.69) is 146 Å². The van der Waals surface area contributed by atoms with Crippen molar-refractivity contribution >= 4 is 32.7 Å². The van der Waals surface area contributed by atoms with Gasteiger partial charge in [0.05, 0.1) is 11.4 Å². The topological polar surface area (TPSA) is 25.8 Å². The van der Waals surface area contributed by atoms with Crippen molar-refractivity contribution in [2.45, 2.75) is 20.3 Å². The molecule has 0 radical (unpaired) electrons. The SMILES string of the molecule is C/C=C\C1=C(CC)c2ccc(-c3cc(-c4ccc(-c5ccccn5)nc4)cc(-c4ccc5c6c(cccc46)-c4ccccc4-5)c3)c3cccc1c23. The first-order valence-electron chi connectivity index (χ1n) is 17.8. The van der Waals surface area contributed by atoms with Crippen molar-refractivity contribution in [3.05, 3.63) is 169 Å². The van der Waals surface area contributed by atoms with E-state index < -0.39 is 0 Å². The standard InChI is InChI=1S/C49H34N2/c1-3-11-37-34(4-2)44-22-20-35(40-14-9-16-42(37)48(40)44)32-26-31(30-19-24-47(51-29-30)46-18-7-8-25-50-46)27-33(28-32)36-21-23-45-39-13-6-5-12-38(39)43-17-10-15-41(36)49(43)45/h3,5-29H,4H2,1-2H3/b11-3-. The summed E-state index contributed by atoms with van der Waals surface area (Å²) in [6.07, 6.45) is 9.25. The van der Waals surface area contributed by atoms with Crippen molar-refractivity contribution in [2.75, 3.05) is 0 Å². The van der Waals surface area contributed by atoms with Crippen LogP contribution in [0.2, 0.25) is 0 Å². The highest BCUT2D eigenvalue weighted by atomic mass is 14.8. The molecule has 51 heavy (non-hydrogen) atoms. The second-order valence-electron chi connectivity index (χ2n) is 13.5. The third-order valence-corrected chi connectivity index (χ3v) is 10.8. The quantitative estimate of drug-likeness (QED) is 0.179. The molecule has 6 aromatic carbocycles. The highest BCUT2D eigenvalue weighted by Gasteiger charge is 2.25. The van der Waals surface area contributed by atoms with Crippen LogP contribution in [-0.2, 0) is 0 Å². The Hall–Kier alpha value is -6.38. The Labute approximate surface area is 298 Å². The summed E-state index contributed by atoms with van der Waals surface area (Å²) in [6.45, 7) is 4.38. The van der Waals surface area contributed by atoms with Crippen molar-refractivity contribution in [1.29, 1.82) is 0 Å². The number of benzene rings is 6. The van der Waals surface area contributed by atoms with E-state index >= 15 is 0 Å². The summed E-state index contributed by atoms with van der Waals surface area (Å²) < 4.78 is 0. The van der Waals surface area contributed by atoms with Gasteiger partial charge in [-0.1, -0.05) is 116 Å². The lowest BCUT2D eigenvalue weighted by atomic mass is 9.88. The normalized spacial score (nSPS) is 12.8. The average Bonchev–Trinajstić information content (AvgIpc) is 3.69. The molecule has 0 spiro atoms. The van der Waals surface area contributed by atoms with Crippen LogP contribution < -0.4 is 0 Å². The molecular formula is C49H34N2. The minimum absolute atomic E-state index is 0.867. The monoisotopic (exact) mass is 650 g/mol. The molecule has 0 saturated carbocycles. The van der Waals surface area contributed by atoms with E-state index in [1.54, 1.807) is 0 Å². The van der Waals surface area contributed by atoms with Gasteiger partial charge in [-0.25, -0.2) is 0 Å². The number of aromatic nitrogens is 2. The Balaban J connectivity index is 1.20. The van der Waals surface area contributed by atoms with Gasteiger partial charge in [0.25, 0.3) is 0 Å². The maximum absolute atomic E-state index is 4.88. The Morgan fingerprint density at radius 1 is 0.471 bits per heavy atom. The number of nitrogens with zero attached hydrogens (tertiary/aromatic N) is 2. The highest BCUT2D eigenvalue weighted by molar-refractivity contribution is 6.20. The van der Waals surface area contributed by atoms with Crippen molar-refractivity contribution < 1.29 is 0 Å². The van der Waals surface area contributed by atoms with Gasteiger partial charge in [-0.15, -0.1) is 0 Å². The minimum atomic E-state index is 0.867. The fourth-order valence-electron chi connectivity index (χ4n) is 8.58. The number of pyridine rings is 2. The maximum Gasteiger partial charge on any atom is 0.0886 e.